The van der Waals surface area contributed by atoms with E-state index in [0.717, 1.165) is 0 Å². The van der Waals surface area contributed by atoms with E-state index in [4.69, 9.17) is 16.7 Å². The molecule has 0 saturated carbocycles. The van der Waals surface area contributed by atoms with Crippen molar-refractivity contribution in [3.63, 3.8) is 0 Å². The number of hydrogen-bond acceptors (Lipinski definition) is 3. The monoisotopic (exact) mass is 293 g/mol. The number of carbonyl (C=O) groups is 1. The summed E-state index contributed by atoms with van der Waals surface area (Å²) in [4.78, 5) is 23.4. The Morgan fingerprint density at radius 2 is 2.15 bits per heavy atom. The first-order valence-electron chi connectivity index (χ1n) is 6.19. The van der Waals surface area contributed by atoms with Gasteiger partial charge in [-0.1, -0.05) is 11.6 Å². The highest BCUT2D eigenvalue weighted by atomic mass is 35.5. The molecule has 0 radical (unpaired) electrons. The number of aromatic nitrogens is 1. The summed E-state index contributed by atoms with van der Waals surface area (Å²) in [6.45, 7) is 1.87. The van der Waals surface area contributed by atoms with Crippen molar-refractivity contribution in [1.29, 1.82) is 0 Å². The second-order valence-corrected chi connectivity index (χ2v) is 5.51. The molecule has 0 aliphatic carbocycles. The van der Waals surface area contributed by atoms with Crippen LogP contribution in [0, 0.1) is 0 Å². The van der Waals surface area contributed by atoms with E-state index in [9.17, 15) is 14.7 Å². The van der Waals surface area contributed by atoms with Crippen LogP contribution in [0.2, 0.25) is 5.02 Å². The molecule has 1 aliphatic heterocycles. The van der Waals surface area contributed by atoms with Crippen molar-refractivity contribution < 1.29 is 15.0 Å². The molecule has 0 amide bonds. The first-order valence-corrected chi connectivity index (χ1v) is 6.57. The van der Waals surface area contributed by atoms with Crippen LogP contribution in [0.4, 0.5) is 0 Å². The lowest BCUT2D eigenvalue weighted by atomic mass is 9.94. The molecule has 0 spiro atoms. The number of aromatic carboxylic acids is 1. The fourth-order valence-electron chi connectivity index (χ4n) is 2.81. The Balaban J connectivity index is 2.54. The SMILES string of the molecule is CC1CC(O)c2cc(Cl)cc3c(=O)c(C(=O)O)cn1c23. The summed E-state index contributed by atoms with van der Waals surface area (Å²) in [7, 11) is 0. The van der Waals surface area contributed by atoms with Gasteiger partial charge in [-0.25, -0.2) is 4.79 Å². The minimum atomic E-state index is -1.26. The number of nitrogens with zero attached hydrogens (tertiary/aromatic N) is 1. The fourth-order valence-corrected chi connectivity index (χ4v) is 3.03. The van der Waals surface area contributed by atoms with Crippen molar-refractivity contribution in [1.82, 2.24) is 4.57 Å². The first-order chi connectivity index (χ1) is 9.40. The molecule has 2 heterocycles. The number of aliphatic hydroxyl groups is 1. The lowest BCUT2D eigenvalue weighted by molar-refractivity contribution is 0.0694. The van der Waals surface area contributed by atoms with Crippen LogP contribution < -0.4 is 5.43 Å². The average Bonchev–Trinajstić information content (AvgIpc) is 2.37. The highest BCUT2D eigenvalue weighted by molar-refractivity contribution is 6.31. The highest BCUT2D eigenvalue weighted by Gasteiger charge is 2.27. The number of rotatable bonds is 1. The van der Waals surface area contributed by atoms with E-state index in [2.05, 4.69) is 0 Å². The molecule has 0 bridgehead atoms. The minimum absolute atomic E-state index is 0.0973. The number of pyridine rings is 1. The molecule has 1 aromatic heterocycles. The summed E-state index contributed by atoms with van der Waals surface area (Å²) < 4.78 is 1.73. The van der Waals surface area contributed by atoms with Crippen LogP contribution in [0.3, 0.4) is 0 Å². The van der Waals surface area contributed by atoms with Crippen molar-refractivity contribution in [2.75, 3.05) is 0 Å². The molecule has 5 nitrogen and oxygen atoms in total. The molecule has 1 aromatic carbocycles. The lowest BCUT2D eigenvalue weighted by Gasteiger charge is -2.29. The minimum Gasteiger partial charge on any atom is -0.477 e. The van der Waals surface area contributed by atoms with E-state index in [0.29, 0.717) is 22.5 Å². The maximum absolute atomic E-state index is 12.2. The van der Waals surface area contributed by atoms with Gasteiger partial charge < -0.3 is 14.8 Å². The van der Waals surface area contributed by atoms with Gasteiger partial charge in [-0.3, -0.25) is 4.79 Å². The van der Waals surface area contributed by atoms with Crippen LogP contribution in [-0.4, -0.2) is 20.7 Å². The van der Waals surface area contributed by atoms with Gasteiger partial charge in [0.1, 0.15) is 5.56 Å². The molecule has 2 atom stereocenters. The molecule has 0 fully saturated rings. The van der Waals surface area contributed by atoms with E-state index in [-0.39, 0.29) is 17.0 Å². The normalized spacial score (nSPS) is 21.1. The molecule has 2 aromatic rings. The summed E-state index contributed by atoms with van der Waals surface area (Å²) >= 11 is 5.98. The van der Waals surface area contributed by atoms with Gasteiger partial charge in [-0.2, -0.15) is 0 Å². The second kappa shape index (κ2) is 4.33. The van der Waals surface area contributed by atoms with Crippen molar-refractivity contribution in [2.45, 2.75) is 25.5 Å². The number of aliphatic hydroxyl groups excluding tert-OH is 1. The van der Waals surface area contributed by atoms with E-state index < -0.39 is 17.5 Å². The van der Waals surface area contributed by atoms with Crippen LogP contribution in [0.15, 0.2) is 23.1 Å². The third-order valence-corrected chi connectivity index (χ3v) is 3.97. The van der Waals surface area contributed by atoms with E-state index >= 15 is 0 Å². The fraction of sp³-hybridized carbons (Fsp3) is 0.286. The molecular weight excluding hydrogens is 282 g/mol. The van der Waals surface area contributed by atoms with E-state index in [1.807, 2.05) is 6.92 Å². The summed E-state index contributed by atoms with van der Waals surface area (Å²) in [5.74, 6) is -1.26. The molecule has 1 aliphatic rings. The van der Waals surface area contributed by atoms with Gasteiger partial charge in [0, 0.05) is 28.2 Å². The quantitative estimate of drug-likeness (QED) is 0.846. The molecule has 20 heavy (non-hydrogen) atoms. The molecule has 2 unspecified atom stereocenters. The van der Waals surface area contributed by atoms with Crippen molar-refractivity contribution in [2.24, 2.45) is 0 Å². The van der Waals surface area contributed by atoms with Gasteiger partial charge in [0.25, 0.3) is 0 Å². The number of carboxylic acids is 1. The Labute approximate surface area is 119 Å². The summed E-state index contributed by atoms with van der Waals surface area (Å²) in [6.07, 6.45) is 1.09. The van der Waals surface area contributed by atoms with Crippen molar-refractivity contribution >= 4 is 28.5 Å². The van der Waals surface area contributed by atoms with Crippen LogP contribution >= 0.6 is 11.6 Å². The van der Waals surface area contributed by atoms with Crippen LogP contribution in [0.25, 0.3) is 10.9 Å². The molecule has 104 valence electrons. The van der Waals surface area contributed by atoms with Gasteiger partial charge >= 0.3 is 5.97 Å². The Morgan fingerprint density at radius 1 is 1.45 bits per heavy atom. The van der Waals surface area contributed by atoms with Gasteiger partial charge in [0.05, 0.1) is 11.6 Å². The van der Waals surface area contributed by atoms with Crippen LogP contribution in [0.5, 0.6) is 0 Å². The first kappa shape index (κ1) is 13.1. The van der Waals surface area contributed by atoms with Crippen LogP contribution in [0.1, 0.15) is 41.4 Å². The van der Waals surface area contributed by atoms with Crippen molar-refractivity contribution in [3.8, 4) is 0 Å². The summed E-state index contributed by atoms with van der Waals surface area (Å²) in [5, 5.41) is 19.8. The van der Waals surface area contributed by atoms with Crippen molar-refractivity contribution in [3.05, 3.63) is 44.7 Å². The number of benzene rings is 1. The Kier molecular flexibility index (Phi) is 2.84. The molecule has 0 saturated heterocycles. The standard InChI is InChI=1S/C14H12ClNO4/c1-6-2-11(17)8-3-7(15)4-9-12(8)16(6)5-10(13(9)18)14(19)20/h3-6,11,17H,2H2,1H3,(H,19,20). The Morgan fingerprint density at radius 3 is 2.80 bits per heavy atom. The maximum atomic E-state index is 12.2. The molecule has 3 rings (SSSR count). The smallest absolute Gasteiger partial charge is 0.341 e. The Bertz CT molecular complexity index is 796. The third-order valence-electron chi connectivity index (χ3n) is 3.75. The van der Waals surface area contributed by atoms with Gasteiger partial charge in [-0.15, -0.1) is 0 Å². The van der Waals surface area contributed by atoms with Gasteiger partial charge in [-0.05, 0) is 25.5 Å². The van der Waals surface area contributed by atoms with Crippen LogP contribution in [-0.2, 0) is 0 Å². The Hall–Kier alpha value is -1.85. The zero-order valence-corrected chi connectivity index (χ0v) is 11.4. The predicted molar refractivity (Wildman–Crippen MR) is 74.5 cm³/mol. The molecule has 2 N–H and O–H groups in total. The average molecular weight is 294 g/mol. The van der Waals surface area contributed by atoms with Gasteiger partial charge in [0.2, 0.25) is 5.43 Å². The highest BCUT2D eigenvalue weighted by Crippen LogP contribution is 2.37. The third kappa shape index (κ3) is 1.74. The number of carboxylic acid groups (broad SMARTS) is 1. The zero-order valence-electron chi connectivity index (χ0n) is 10.6. The summed E-state index contributed by atoms with van der Waals surface area (Å²) in [5.41, 5.74) is 0.276. The number of hydrogen-bond donors (Lipinski definition) is 2. The summed E-state index contributed by atoms with van der Waals surface area (Å²) in [6, 6.07) is 2.98. The molecule has 6 heteroatoms. The lowest BCUT2D eigenvalue weighted by Crippen LogP contribution is -2.25. The van der Waals surface area contributed by atoms with E-state index in [1.54, 1.807) is 10.6 Å². The van der Waals surface area contributed by atoms with E-state index in [1.165, 1.54) is 12.3 Å². The second-order valence-electron chi connectivity index (χ2n) is 5.08. The molecular formula is C14H12ClNO4. The zero-order chi connectivity index (χ0) is 14.6. The maximum Gasteiger partial charge on any atom is 0.341 e. The topological polar surface area (TPSA) is 79.5 Å². The van der Waals surface area contributed by atoms with Gasteiger partial charge in [0.15, 0.2) is 0 Å². The number of halogens is 1. The largest absolute Gasteiger partial charge is 0.477 e. The predicted octanol–water partition coefficient (Wildman–Crippen LogP) is 2.35.